The minimum Gasteiger partial charge on any atom is -0.351 e. The van der Waals surface area contributed by atoms with Gasteiger partial charge in [-0.25, -0.2) is 4.68 Å². The van der Waals surface area contributed by atoms with Crippen molar-refractivity contribution in [3.05, 3.63) is 47.3 Å². The molecule has 4 rings (SSSR count). The molecule has 1 aromatic heterocycles. The van der Waals surface area contributed by atoms with Crippen molar-refractivity contribution in [2.24, 2.45) is 0 Å². The molecule has 2 aromatic rings. The number of amides is 2. The standard InChI is InChI=1S/C20H24N4O2/c25-18-11-5-13-23(18)14-6-12-21-20(26)19-16-9-4-10-17(16)24(22-19)15-7-2-1-3-8-15/h1-3,7-8H,4-6,9-14H2,(H,21,26). The molecule has 0 radical (unpaired) electrons. The van der Waals surface area contributed by atoms with E-state index in [1.807, 2.05) is 39.9 Å². The molecule has 1 saturated heterocycles. The quantitative estimate of drug-likeness (QED) is 0.810. The van der Waals surface area contributed by atoms with Crippen LogP contribution in [0.2, 0.25) is 0 Å². The smallest absolute Gasteiger partial charge is 0.272 e. The highest BCUT2D eigenvalue weighted by atomic mass is 16.2. The minimum atomic E-state index is -0.106. The molecule has 6 nitrogen and oxygen atoms in total. The second-order valence-electron chi connectivity index (χ2n) is 6.97. The SMILES string of the molecule is O=C(NCCCN1CCCC1=O)c1nn(-c2ccccc2)c2c1CCC2. The summed E-state index contributed by atoms with van der Waals surface area (Å²) in [5.74, 6) is 0.126. The summed E-state index contributed by atoms with van der Waals surface area (Å²) in [6.07, 6.45) is 5.33. The predicted molar refractivity (Wildman–Crippen MR) is 98.4 cm³/mol. The van der Waals surface area contributed by atoms with Crippen LogP contribution in [0.1, 0.15) is 47.4 Å². The molecule has 2 heterocycles. The highest BCUT2D eigenvalue weighted by Crippen LogP contribution is 2.27. The van der Waals surface area contributed by atoms with Gasteiger partial charge in [-0.2, -0.15) is 5.10 Å². The van der Waals surface area contributed by atoms with Gasteiger partial charge in [0.2, 0.25) is 5.91 Å². The van der Waals surface area contributed by atoms with Crippen molar-refractivity contribution >= 4 is 11.8 Å². The topological polar surface area (TPSA) is 67.2 Å². The van der Waals surface area contributed by atoms with Gasteiger partial charge in [-0.05, 0) is 44.2 Å². The van der Waals surface area contributed by atoms with Crippen molar-refractivity contribution in [3.63, 3.8) is 0 Å². The number of hydrogen-bond acceptors (Lipinski definition) is 3. The molecule has 1 aromatic carbocycles. The predicted octanol–water partition coefficient (Wildman–Crippen LogP) is 2.10. The Bertz CT molecular complexity index is 813. The van der Waals surface area contributed by atoms with E-state index in [1.165, 1.54) is 0 Å². The number of rotatable bonds is 6. The van der Waals surface area contributed by atoms with Gasteiger partial charge in [-0.15, -0.1) is 0 Å². The van der Waals surface area contributed by atoms with E-state index in [4.69, 9.17) is 0 Å². The van der Waals surface area contributed by atoms with E-state index in [0.29, 0.717) is 18.7 Å². The van der Waals surface area contributed by atoms with Gasteiger partial charge in [0.25, 0.3) is 5.91 Å². The Morgan fingerprint density at radius 1 is 1.12 bits per heavy atom. The molecule has 0 atom stereocenters. The van der Waals surface area contributed by atoms with Crippen LogP contribution in [-0.4, -0.2) is 46.1 Å². The van der Waals surface area contributed by atoms with Crippen LogP contribution in [-0.2, 0) is 17.6 Å². The molecule has 6 heteroatoms. The summed E-state index contributed by atoms with van der Waals surface area (Å²) in [7, 11) is 0. The Morgan fingerprint density at radius 2 is 1.96 bits per heavy atom. The minimum absolute atomic E-state index is 0.106. The van der Waals surface area contributed by atoms with Crippen molar-refractivity contribution in [2.45, 2.75) is 38.5 Å². The van der Waals surface area contributed by atoms with E-state index in [0.717, 1.165) is 62.1 Å². The van der Waals surface area contributed by atoms with Crippen LogP contribution in [0.3, 0.4) is 0 Å². The van der Waals surface area contributed by atoms with Gasteiger partial charge in [0.1, 0.15) is 0 Å². The monoisotopic (exact) mass is 352 g/mol. The summed E-state index contributed by atoms with van der Waals surface area (Å²) >= 11 is 0. The molecule has 0 saturated carbocycles. The Balaban J connectivity index is 1.41. The van der Waals surface area contributed by atoms with Crippen LogP contribution >= 0.6 is 0 Å². The van der Waals surface area contributed by atoms with E-state index in [1.54, 1.807) is 0 Å². The third-order valence-corrected chi connectivity index (χ3v) is 5.21. The van der Waals surface area contributed by atoms with E-state index in [-0.39, 0.29) is 11.8 Å². The fourth-order valence-corrected chi connectivity index (χ4v) is 3.90. The van der Waals surface area contributed by atoms with Crippen LogP contribution in [0.15, 0.2) is 30.3 Å². The lowest BCUT2D eigenvalue weighted by Gasteiger charge is -2.15. The molecule has 1 aliphatic heterocycles. The van der Waals surface area contributed by atoms with Gasteiger partial charge < -0.3 is 10.2 Å². The van der Waals surface area contributed by atoms with Crippen molar-refractivity contribution in [1.29, 1.82) is 0 Å². The summed E-state index contributed by atoms with van der Waals surface area (Å²) in [6.45, 7) is 2.13. The van der Waals surface area contributed by atoms with Crippen molar-refractivity contribution in [3.8, 4) is 5.69 Å². The number of aromatic nitrogens is 2. The molecular formula is C20H24N4O2. The molecule has 2 amide bonds. The third kappa shape index (κ3) is 3.23. The molecule has 0 unspecified atom stereocenters. The maximum atomic E-state index is 12.6. The summed E-state index contributed by atoms with van der Waals surface area (Å²) in [6, 6.07) is 9.97. The summed E-state index contributed by atoms with van der Waals surface area (Å²) < 4.78 is 1.92. The normalized spacial score (nSPS) is 16.2. The van der Waals surface area contributed by atoms with Gasteiger partial charge in [0.05, 0.1) is 5.69 Å². The fraction of sp³-hybridized carbons (Fsp3) is 0.450. The zero-order chi connectivity index (χ0) is 17.9. The van der Waals surface area contributed by atoms with E-state index in [9.17, 15) is 9.59 Å². The third-order valence-electron chi connectivity index (χ3n) is 5.21. The van der Waals surface area contributed by atoms with Crippen LogP contribution < -0.4 is 5.32 Å². The Hall–Kier alpha value is -2.63. The first-order valence-corrected chi connectivity index (χ1v) is 9.46. The molecule has 136 valence electrons. The molecule has 1 fully saturated rings. The molecular weight excluding hydrogens is 328 g/mol. The second-order valence-corrected chi connectivity index (χ2v) is 6.97. The second kappa shape index (κ2) is 7.32. The van der Waals surface area contributed by atoms with Gasteiger partial charge in [0, 0.05) is 37.3 Å². The lowest BCUT2D eigenvalue weighted by Crippen LogP contribution is -2.31. The fourth-order valence-electron chi connectivity index (χ4n) is 3.90. The molecule has 1 aliphatic carbocycles. The summed E-state index contributed by atoms with van der Waals surface area (Å²) in [5.41, 5.74) is 3.79. The lowest BCUT2D eigenvalue weighted by atomic mass is 10.2. The van der Waals surface area contributed by atoms with Crippen LogP contribution in [0.25, 0.3) is 5.69 Å². The first-order valence-electron chi connectivity index (χ1n) is 9.46. The first-order chi connectivity index (χ1) is 12.7. The van der Waals surface area contributed by atoms with Crippen LogP contribution in [0.5, 0.6) is 0 Å². The molecule has 26 heavy (non-hydrogen) atoms. The first kappa shape index (κ1) is 16.8. The van der Waals surface area contributed by atoms with Crippen LogP contribution in [0, 0.1) is 0 Å². The molecule has 0 spiro atoms. The maximum absolute atomic E-state index is 12.6. The van der Waals surface area contributed by atoms with Gasteiger partial charge >= 0.3 is 0 Å². The summed E-state index contributed by atoms with van der Waals surface area (Å²) in [4.78, 5) is 26.1. The number of nitrogens with one attached hydrogen (secondary N) is 1. The molecule has 1 N–H and O–H groups in total. The number of para-hydroxylation sites is 1. The average Bonchev–Trinajstić information content (AvgIpc) is 3.36. The largest absolute Gasteiger partial charge is 0.351 e. The Morgan fingerprint density at radius 3 is 2.73 bits per heavy atom. The number of nitrogens with zero attached hydrogens (tertiary/aromatic N) is 3. The number of likely N-dealkylation sites (tertiary alicyclic amines) is 1. The van der Waals surface area contributed by atoms with Crippen LogP contribution in [0.4, 0.5) is 0 Å². The number of carbonyl (C=O) groups excluding carboxylic acids is 2. The van der Waals surface area contributed by atoms with Crippen molar-refractivity contribution in [2.75, 3.05) is 19.6 Å². The van der Waals surface area contributed by atoms with Gasteiger partial charge in [-0.1, -0.05) is 18.2 Å². The van der Waals surface area contributed by atoms with E-state index >= 15 is 0 Å². The molecule has 2 aliphatic rings. The lowest BCUT2D eigenvalue weighted by molar-refractivity contribution is -0.127. The van der Waals surface area contributed by atoms with Gasteiger partial charge in [-0.3, -0.25) is 9.59 Å². The number of carbonyl (C=O) groups is 2. The number of fused-ring (bicyclic) bond motifs is 1. The van der Waals surface area contributed by atoms with Crippen molar-refractivity contribution < 1.29 is 9.59 Å². The van der Waals surface area contributed by atoms with E-state index < -0.39 is 0 Å². The average molecular weight is 352 g/mol. The van der Waals surface area contributed by atoms with E-state index in [2.05, 4.69) is 10.4 Å². The zero-order valence-corrected chi connectivity index (χ0v) is 14.9. The van der Waals surface area contributed by atoms with Crippen molar-refractivity contribution in [1.82, 2.24) is 20.0 Å². The highest BCUT2D eigenvalue weighted by Gasteiger charge is 2.26. The van der Waals surface area contributed by atoms with Gasteiger partial charge in [0.15, 0.2) is 5.69 Å². The molecule has 0 bridgehead atoms. The number of hydrogen-bond donors (Lipinski definition) is 1. The highest BCUT2D eigenvalue weighted by molar-refractivity contribution is 5.94. The number of benzene rings is 1. The maximum Gasteiger partial charge on any atom is 0.272 e. The Kier molecular flexibility index (Phi) is 4.73. The zero-order valence-electron chi connectivity index (χ0n) is 14.9. The Labute approximate surface area is 153 Å². The summed E-state index contributed by atoms with van der Waals surface area (Å²) in [5, 5.41) is 7.59.